The van der Waals surface area contributed by atoms with Crippen molar-refractivity contribution in [1.29, 1.82) is 0 Å². The van der Waals surface area contributed by atoms with E-state index in [1.807, 2.05) is 48.5 Å². The van der Waals surface area contributed by atoms with Crippen molar-refractivity contribution in [2.45, 2.75) is 43.8 Å². The van der Waals surface area contributed by atoms with Gasteiger partial charge in [0.1, 0.15) is 18.1 Å². The Morgan fingerprint density at radius 3 is 1.76 bits per heavy atom. The number of nitrogens with two attached hydrogens (primary N) is 2. The molecule has 13 nitrogen and oxygen atoms in total. The summed E-state index contributed by atoms with van der Waals surface area (Å²) in [6.45, 7) is -0.395. The number of carbonyl (C=O) groups is 5. The van der Waals surface area contributed by atoms with Crippen molar-refractivity contribution in [3.63, 3.8) is 0 Å². The van der Waals surface area contributed by atoms with Gasteiger partial charge in [0.05, 0.1) is 6.54 Å². The van der Waals surface area contributed by atoms with Crippen molar-refractivity contribution in [1.82, 2.24) is 25.9 Å². The smallest absolute Gasteiger partial charge is 0.326 e. The fraction of sp³-hybridized carbons (Fsp3) is 0.276. The molecule has 2 heterocycles. The minimum Gasteiger partial charge on any atom is -0.480 e. The summed E-state index contributed by atoms with van der Waals surface area (Å²) in [4.78, 5) is 68.7. The summed E-state index contributed by atoms with van der Waals surface area (Å²) in [5.74, 6) is -4.05. The third-order valence-electron chi connectivity index (χ3n) is 6.96. The molecular formula is C29H33N7O6. The summed E-state index contributed by atoms with van der Waals surface area (Å²) in [7, 11) is 0. The van der Waals surface area contributed by atoms with Gasteiger partial charge in [-0.1, -0.05) is 36.4 Å². The topological polar surface area (TPSA) is 225 Å². The SMILES string of the molecule is NCC(=O)NC(CCC(N)=O)C(=O)NC(Cc1c[nH]c2ccccc12)C(=O)NC(Cc1c[nH]c2ccccc12)C(=O)O. The highest BCUT2D eigenvalue weighted by Crippen LogP contribution is 2.21. The number of carboxylic acid groups (broad SMARTS) is 1. The maximum Gasteiger partial charge on any atom is 0.326 e. The Balaban J connectivity index is 1.59. The molecule has 0 saturated heterocycles. The highest BCUT2D eigenvalue weighted by atomic mass is 16.4. The number of nitrogens with one attached hydrogen (secondary N) is 5. The molecule has 0 radical (unpaired) electrons. The lowest BCUT2D eigenvalue weighted by Gasteiger charge is -2.24. The first-order valence-corrected chi connectivity index (χ1v) is 13.4. The van der Waals surface area contributed by atoms with Gasteiger partial charge in [0.25, 0.3) is 0 Å². The van der Waals surface area contributed by atoms with Gasteiger partial charge in [0, 0.05) is 53.5 Å². The number of hydrogen-bond acceptors (Lipinski definition) is 6. The predicted molar refractivity (Wildman–Crippen MR) is 155 cm³/mol. The van der Waals surface area contributed by atoms with Gasteiger partial charge in [0.15, 0.2) is 0 Å². The van der Waals surface area contributed by atoms with E-state index in [0.717, 1.165) is 21.8 Å². The molecule has 0 bridgehead atoms. The van der Waals surface area contributed by atoms with Crippen LogP contribution in [0.1, 0.15) is 24.0 Å². The van der Waals surface area contributed by atoms with E-state index in [4.69, 9.17) is 11.5 Å². The van der Waals surface area contributed by atoms with E-state index >= 15 is 0 Å². The Morgan fingerprint density at radius 1 is 0.738 bits per heavy atom. The van der Waals surface area contributed by atoms with Crippen LogP contribution in [-0.4, -0.2) is 69.3 Å². The van der Waals surface area contributed by atoms with Crippen molar-refractivity contribution in [2.24, 2.45) is 11.5 Å². The number of fused-ring (bicyclic) bond motifs is 2. The molecule has 4 rings (SSSR count). The van der Waals surface area contributed by atoms with Gasteiger partial charge in [-0.3, -0.25) is 19.2 Å². The van der Waals surface area contributed by atoms with Crippen LogP contribution in [0.3, 0.4) is 0 Å². The molecule has 4 aromatic rings. The van der Waals surface area contributed by atoms with Crippen molar-refractivity contribution >= 4 is 51.4 Å². The maximum atomic E-state index is 13.6. The lowest BCUT2D eigenvalue weighted by Crippen LogP contribution is -2.57. The molecule has 4 amide bonds. The van der Waals surface area contributed by atoms with Crippen molar-refractivity contribution in [2.75, 3.05) is 6.54 Å². The first-order chi connectivity index (χ1) is 20.2. The largest absolute Gasteiger partial charge is 0.480 e. The summed E-state index contributed by atoms with van der Waals surface area (Å²) in [6.07, 6.45) is 3.08. The van der Waals surface area contributed by atoms with E-state index in [-0.39, 0.29) is 25.7 Å². The number of carbonyl (C=O) groups excluding carboxylic acids is 4. The molecule has 10 N–H and O–H groups in total. The number of aliphatic carboxylic acids is 1. The van der Waals surface area contributed by atoms with Gasteiger partial charge in [-0.25, -0.2) is 4.79 Å². The second kappa shape index (κ2) is 13.5. The number of para-hydroxylation sites is 2. The summed E-state index contributed by atoms with van der Waals surface area (Å²) in [6, 6.07) is 11.0. The third kappa shape index (κ3) is 7.31. The molecule has 3 unspecified atom stereocenters. The zero-order valence-corrected chi connectivity index (χ0v) is 22.7. The van der Waals surface area contributed by atoms with Crippen LogP contribution in [0.2, 0.25) is 0 Å². The summed E-state index contributed by atoms with van der Waals surface area (Å²) in [5, 5.41) is 19.3. The Labute approximate surface area is 240 Å². The second-order valence-electron chi connectivity index (χ2n) is 9.92. The lowest BCUT2D eigenvalue weighted by molar-refractivity contribution is -0.142. The minimum atomic E-state index is -1.30. The number of amides is 4. The minimum absolute atomic E-state index is 0.00731. The quantitative estimate of drug-likeness (QED) is 0.104. The number of rotatable bonds is 14. The van der Waals surface area contributed by atoms with Gasteiger partial charge in [-0.2, -0.15) is 0 Å². The molecule has 0 aliphatic rings. The van der Waals surface area contributed by atoms with Crippen LogP contribution in [0.4, 0.5) is 0 Å². The number of hydrogen-bond donors (Lipinski definition) is 8. The van der Waals surface area contributed by atoms with Gasteiger partial charge >= 0.3 is 5.97 Å². The first kappa shape index (κ1) is 29.8. The maximum absolute atomic E-state index is 13.6. The average molecular weight is 576 g/mol. The third-order valence-corrected chi connectivity index (χ3v) is 6.96. The van der Waals surface area contributed by atoms with Crippen LogP contribution >= 0.6 is 0 Å². The molecule has 0 aliphatic carbocycles. The van der Waals surface area contributed by atoms with Gasteiger partial charge in [0.2, 0.25) is 23.6 Å². The molecule has 13 heteroatoms. The normalized spacial score (nSPS) is 13.3. The Morgan fingerprint density at radius 2 is 1.24 bits per heavy atom. The zero-order valence-electron chi connectivity index (χ0n) is 22.7. The molecule has 0 fully saturated rings. The van der Waals surface area contributed by atoms with E-state index in [1.54, 1.807) is 12.4 Å². The van der Waals surface area contributed by atoms with Crippen LogP contribution in [0.5, 0.6) is 0 Å². The highest BCUT2D eigenvalue weighted by molar-refractivity contribution is 5.95. The first-order valence-electron chi connectivity index (χ1n) is 13.4. The molecule has 3 atom stereocenters. The number of carboxylic acids is 1. The van der Waals surface area contributed by atoms with Gasteiger partial charge in [-0.15, -0.1) is 0 Å². The van der Waals surface area contributed by atoms with Crippen LogP contribution in [0.15, 0.2) is 60.9 Å². The van der Waals surface area contributed by atoms with Crippen LogP contribution < -0.4 is 27.4 Å². The van der Waals surface area contributed by atoms with E-state index in [1.165, 1.54) is 0 Å². The van der Waals surface area contributed by atoms with E-state index in [2.05, 4.69) is 25.9 Å². The molecule has 0 spiro atoms. The fourth-order valence-electron chi connectivity index (χ4n) is 4.80. The Bertz CT molecular complexity index is 1610. The van der Waals surface area contributed by atoms with Crippen LogP contribution in [0, 0.1) is 0 Å². The molecule has 0 saturated carbocycles. The van der Waals surface area contributed by atoms with Crippen LogP contribution in [0.25, 0.3) is 21.8 Å². The number of benzene rings is 2. The highest BCUT2D eigenvalue weighted by Gasteiger charge is 2.31. The second-order valence-corrected chi connectivity index (χ2v) is 9.92. The number of aromatic amines is 2. The van der Waals surface area contributed by atoms with Gasteiger partial charge < -0.3 is 42.5 Å². The Kier molecular flexibility index (Phi) is 9.55. The fourth-order valence-corrected chi connectivity index (χ4v) is 4.80. The average Bonchev–Trinajstić information content (AvgIpc) is 3.58. The standard InChI is InChI=1S/C29H33N7O6/c30-13-26(38)34-22(9-10-25(31)37)27(39)35-23(11-16-14-32-20-7-3-1-5-18(16)20)28(40)36-24(29(41)42)12-17-15-33-21-8-4-2-6-19(17)21/h1-8,14-15,22-24,32-33H,9-13,30H2,(H2,31,37)(H,34,38)(H,35,39)(H,36,40)(H,41,42). The monoisotopic (exact) mass is 575 g/mol. The number of H-pyrrole nitrogens is 2. The number of primary amides is 1. The predicted octanol–water partition coefficient (Wildman–Crippen LogP) is 0.198. The molecule has 2 aromatic heterocycles. The van der Waals surface area contributed by atoms with Gasteiger partial charge in [-0.05, 0) is 29.7 Å². The molecular weight excluding hydrogens is 542 g/mol. The number of aromatic nitrogens is 2. The van der Waals surface area contributed by atoms with E-state index in [0.29, 0.717) is 11.1 Å². The van der Waals surface area contributed by atoms with Crippen molar-refractivity contribution < 1.29 is 29.1 Å². The molecule has 0 aliphatic heterocycles. The van der Waals surface area contributed by atoms with Crippen LogP contribution in [-0.2, 0) is 36.8 Å². The van der Waals surface area contributed by atoms with E-state index < -0.39 is 54.3 Å². The molecule has 220 valence electrons. The lowest BCUT2D eigenvalue weighted by atomic mass is 10.0. The molecule has 2 aromatic carbocycles. The van der Waals surface area contributed by atoms with Crippen molar-refractivity contribution in [3.8, 4) is 0 Å². The van der Waals surface area contributed by atoms with Crippen molar-refractivity contribution in [3.05, 3.63) is 72.1 Å². The van der Waals surface area contributed by atoms with E-state index in [9.17, 15) is 29.1 Å². The summed E-state index contributed by atoms with van der Waals surface area (Å²) in [5.41, 5.74) is 13.7. The Hall–Kier alpha value is -5.17. The molecule has 42 heavy (non-hydrogen) atoms. The summed E-state index contributed by atoms with van der Waals surface area (Å²) < 4.78 is 0. The zero-order chi connectivity index (χ0) is 30.2. The summed E-state index contributed by atoms with van der Waals surface area (Å²) >= 11 is 0.